The van der Waals surface area contributed by atoms with E-state index in [1.54, 1.807) is 14.2 Å². The summed E-state index contributed by atoms with van der Waals surface area (Å²) in [6.07, 6.45) is 6.30. The highest BCUT2D eigenvalue weighted by atomic mass is 16.7. The second-order valence-corrected chi connectivity index (χ2v) is 15.6. The first-order valence-corrected chi connectivity index (χ1v) is 16.7. The van der Waals surface area contributed by atoms with Crippen LogP contribution in [0.4, 0.5) is 4.79 Å². The lowest BCUT2D eigenvalue weighted by atomic mass is 9.33. The Morgan fingerprint density at radius 3 is 2.55 bits per heavy atom. The minimum atomic E-state index is -0.986. The van der Waals surface area contributed by atoms with Gasteiger partial charge >= 0.3 is 6.16 Å². The molecule has 5 fully saturated rings. The minimum absolute atomic E-state index is 0.0675. The number of carbonyl (C=O) groups is 1. The summed E-state index contributed by atoms with van der Waals surface area (Å²) in [6, 6.07) is 4.40. The molecule has 0 aromatic heterocycles. The highest BCUT2D eigenvalue weighted by Gasteiger charge is 2.82. The standard InChI is InChI=1S/C35H51NO8/c1-31(2,3)32(4,38)25-20-33-11-12-35(25,40-6)29-34(33)13-14-36(21-22-7-8-22)26(33)19-23-9-10-24(28(44-29)27(23)34)43-30(37)42-18-17-41-16-15-39-5/h9-10,22,25-26,29,38H,7-8,11-21H2,1-6H3. The molecule has 1 N–H and O–H groups in total. The molecule has 0 amide bonds. The molecule has 2 spiro atoms. The van der Waals surface area contributed by atoms with E-state index in [-0.39, 0.29) is 41.5 Å². The maximum Gasteiger partial charge on any atom is 0.514 e. The van der Waals surface area contributed by atoms with Gasteiger partial charge in [0, 0.05) is 49.1 Å². The molecular weight excluding hydrogens is 562 g/mol. The van der Waals surface area contributed by atoms with Gasteiger partial charge in [-0.05, 0) is 81.4 Å². The fourth-order valence-electron chi connectivity index (χ4n) is 10.2. The van der Waals surface area contributed by atoms with Gasteiger partial charge < -0.3 is 33.5 Å². The Morgan fingerprint density at radius 2 is 1.84 bits per heavy atom. The largest absolute Gasteiger partial charge is 0.514 e. The van der Waals surface area contributed by atoms with E-state index >= 15 is 0 Å². The molecule has 4 saturated carbocycles. The molecule has 8 rings (SSSR count). The van der Waals surface area contributed by atoms with Crippen molar-refractivity contribution in [1.82, 2.24) is 4.90 Å². The number of methoxy groups -OCH3 is 2. The molecule has 2 heterocycles. The lowest BCUT2D eigenvalue weighted by Crippen LogP contribution is -2.83. The van der Waals surface area contributed by atoms with Gasteiger partial charge in [0.1, 0.15) is 18.3 Å². The fourth-order valence-corrected chi connectivity index (χ4v) is 10.2. The van der Waals surface area contributed by atoms with E-state index in [0.29, 0.717) is 30.8 Å². The molecular formula is C35H51NO8. The molecule has 9 nitrogen and oxygen atoms in total. The van der Waals surface area contributed by atoms with Crippen LogP contribution in [0.5, 0.6) is 11.5 Å². The molecule has 44 heavy (non-hydrogen) atoms. The highest BCUT2D eigenvalue weighted by Crippen LogP contribution is 2.78. The Labute approximate surface area is 261 Å². The van der Waals surface area contributed by atoms with Crippen LogP contribution in [0.25, 0.3) is 0 Å². The van der Waals surface area contributed by atoms with Gasteiger partial charge in [0.2, 0.25) is 0 Å². The van der Waals surface area contributed by atoms with Crippen LogP contribution in [0.15, 0.2) is 12.1 Å². The van der Waals surface area contributed by atoms with Gasteiger partial charge in [-0.2, -0.15) is 0 Å². The Hall–Kier alpha value is -1.91. The van der Waals surface area contributed by atoms with Gasteiger partial charge in [-0.3, -0.25) is 4.90 Å². The number of carbonyl (C=O) groups excluding carboxylic acids is 1. The summed E-state index contributed by atoms with van der Waals surface area (Å²) < 4.78 is 35.4. The molecule has 7 unspecified atom stereocenters. The first-order chi connectivity index (χ1) is 20.9. The number of nitrogens with zero attached hydrogens (tertiary/aromatic N) is 1. The summed E-state index contributed by atoms with van der Waals surface area (Å²) in [5.41, 5.74) is 0.161. The summed E-state index contributed by atoms with van der Waals surface area (Å²) in [7, 11) is 3.42. The lowest BCUT2D eigenvalue weighted by molar-refractivity contribution is -0.312. The lowest BCUT2D eigenvalue weighted by Gasteiger charge is -2.75. The third-order valence-electron chi connectivity index (χ3n) is 12.9. The van der Waals surface area contributed by atoms with Crippen LogP contribution in [-0.4, -0.2) is 93.2 Å². The molecule has 7 aliphatic rings. The molecule has 2 aliphatic heterocycles. The van der Waals surface area contributed by atoms with Crippen molar-refractivity contribution in [3.63, 3.8) is 0 Å². The number of aliphatic hydroxyl groups is 1. The van der Waals surface area contributed by atoms with Crippen LogP contribution in [0.2, 0.25) is 0 Å². The van der Waals surface area contributed by atoms with E-state index in [2.05, 4.69) is 31.7 Å². The van der Waals surface area contributed by atoms with E-state index in [1.807, 2.05) is 13.0 Å². The molecule has 4 bridgehead atoms. The molecule has 1 saturated heterocycles. The molecule has 7 atom stereocenters. The zero-order valence-corrected chi connectivity index (χ0v) is 27.4. The molecule has 1 aromatic rings. The summed E-state index contributed by atoms with van der Waals surface area (Å²) in [5, 5.41) is 12.4. The first-order valence-electron chi connectivity index (χ1n) is 16.7. The number of benzene rings is 1. The van der Waals surface area contributed by atoms with Crippen molar-refractivity contribution in [2.75, 3.05) is 53.7 Å². The monoisotopic (exact) mass is 613 g/mol. The van der Waals surface area contributed by atoms with Gasteiger partial charge in [0.25, 0.3) is 0 Å². The third kappa shape index (κ3) is 4.18. The predicted molar refractivity (Wildman–Crippen MR) is 163 cm³/mol. The van der Waals surface area contributed by atoms with Crippen molar-refractivity contribution in [2.45, 2.75) is 101 Å². The van der Waals surface area contributed by atoms with Gasteiger partial charge in [0.05, 0.1) is 25.4 Å². The topological polar surface area (TPSA) is 95.9 Å². The third-order valence-corrected chi connectivity index (χ3v) is 12.9. The predicted octanol–water partition coefficient (Wildman–Crippen LogP) is 4.89. The van der Waals surface area contributed by atoms with Crippen molar-refractivity contribution < 1.29 is 38.3 Å². The summed E-state index contributed by atoms with van der Waals surface area (Å²) >= 11 is 0. The molecule has 0 radical (unpaired) electrons. The van der Waals surface area contributed by atoms with Crippen LogP contribution < -0.4 is 9.47 Å². The SMILES string of the molecule is COCCOCCOC(=O)Oc1ccc2c3c1OC1C4(OC)CCC5(CC4C(C)(O)C(C)(C)C)C(C2)N(CC2CC2)CCC315. The van der Waals surface area contributed by atoms with E-state index < -0.39 is 17.4 Å². The minimum Gasteiger partial charge on any atom is -0.482 e. The van der Waals surface area contributed by atoms with Crippen molar-refractivity contribution in [1.29, 1.82) is 0 Å². The number of piperidine rings is 1. The molecule has 5 aliphatic carbocycles. The second kappa shape index (κ2) is 10.6. The van der Waals surface area contributed by atoms with Crippen LogP contribution in [-0.2, 0) is 30.8 Å². The number of hydrogen-bond acceptors (Lipinski definition) is 9. The van der Waals surface area contributed by atoms with Crippen molar-refractivity contribution in [3.05, 3.63) is 23.3 Å². The first kappa shape index (κ1) is 30.7. The summed E-state index contributed by atoms with van der Waals surface area (Å²) in [4.78, 5) is 15.6. The molecule has 244 valence electrons. The van der Waals surface area contributed by atoms with Crippen molar-refractivity contribution in [2.24, 2.45) is 22.7 Å². The Bertz CT molecular complexity index is 1290. The van der Waals surface area contributed by atoms with Crippen LogP contribution in [0, 0.1) is 22.7 Å². The maximum atomic E-state index is 12.9. The van der Waals surface area contributed by atoms with Crippen LogP contribution in [0.1, 0.15) is 77.3 Å². The Kier molecular flexibility index (Phi) is 7.37. The smallest absolute Gasteiger partial charge is 0.482 e. The van der Waals surface area contributed by atoms with Gasteiger partial charge in [-0.25, -0.2) is 4.79 Å². The quantitative estimate of drug-likeness (QED) is 0.213. The van der Waals surface area contributed by atoms with E-state index in [4.69, 9.17) is 28.4 Å². The van der Waals surface area contributed by atoms with Crippen molar-refractivity contribution >= 4 is 6.16 Å². The second-order valence-electron chi connectivity index (χ2n) is 15.6. The summed E-state index contributed by atoms with van der Waals surface area (Å²) in [6.45, 7) is 11.9. The van der Waals surface area contributed by atoms with Gasteiger partial charge in [-0.15, -0.1) is 0 Å². The number of rotatable bonds is 11. The van der Waals surface area contributed by atoms with Crippen LogP contribution in [0.3, 0.4) is 0 Å². The zero-order chi connectivity index (χ0) is 31.1. The number of fused-ring (bicyclic) bond motifs is 2. The number of ether oxygens (including phenoxy) is 6. The van der Waals surface area contributed by atoms with Crippen molar-refractivity contribution in [3.8, 4) is 11.5 Å². The Morgan fingerprint density at radius 1 is 1.07 bits per heavy atom. The number of likely N-dealkylation sites (tertiary alicyclic amines) is 1. The highest BCUT2D eigenvalue weighted by molar-refractivity contribution is 5.70. The average Bonchev–Trinajstić information content (AvgIpc) is 3.73. The summed E-state index contributed by atoms with van der Waals surface area (Å²) in [5.74, 6) is 1.76. The van der Waals surface area contributed by atoms with Crippen LogP contribution >= 0.6 is 0 Å². The average molecular weight is 614 g/mol. The normalized spacial score (nSPS) is 36.4. The fraction of sp³-hybridized carbons (Fsp3) is 0.800. The molecule has 1 aromatic carbocycles. The maximum absolute atomic E-state index is 12.9. The zero-order valence-electron chi connectivity index (χ0n) is 27.4. The van der Waals surface area contributed by atoms with E-state index in [1.165, 1.54) is 24.0 Å². The van der Waals surface area contributed by atoms with E-state index in [9.17, 15) is 9.90 Å². The Balaban J connectivity index is 1.28. The van der Waals surface area contributed by atoms with Gasteiger partial charge in [-0.1, -0.05) is 26.8 Å². The van der Waals surface area contributed by atoms with E-state index in [0.717, 1.165) is 51.1 Å². The van der Waals surface area contributed by atoms with Gasteiger partial charge in [0.15, 0.2) is 11.5 Å². The number of hydrogen-bond donors (Lipinski definition) is 1. The molecule has 9 heteroatoms.